The average molecular weight is 216 g/mol. The van der Waals surface area contributed by atoms with Crippen LogP contribution < -0.4 is 0 Å². The summed E-state index contributed by atoms with van der Waals surface area (Å²) in [5.41, 5.74) is 0. The van der Waals surface area contributed by atoms with Crippen LogP contribution in [-0.2, 0) is 4.79 Å². The molecule has 0 atom stereocenters. The molecule has 0 spiro atoms. The Labute approximate surface area is 95.4 Å². The molecule has 1 heterocycles. The molecule has 0 aromatic rings. The number of carbonyl (C=O) groups is 1. The summed E-state index contributed by atoms with van der Waals surface area (Å²) in [5, 5.41) is 0. The van der Waals surface area contributed by atoms with Crippen molar-refractivity contribution in [3.63, 3.8) is 0 Å². The molecule has 0 saturated carbocycles. The Balaban J connectivity index is 0. The van der Waals surface area contributed by atoms with Crippen LogP contribution in [0.5, 0.6) is 0 Å². The van der Waals surface area contributed by atoms with E-state index in [1.807, 2.05) is 39.5 Å². The van der Waals surface area contributed by atoms with Gasteiger partial charge in [-0.05, 0) is 7.05 Å². The fourth-order valence-electron chi connectivity index (χ4n) is 1.28. The van der Waals surface area contributed by atoms with Gasteiger partial charge in [-0.1, -0.05) is 34.6 Å². The minimum atomic E-state index is 0.290. The highest BCUT2D eigenvalue weighted by atomic mass is 16.2. The van der Waals surface area contributed by atoms with Crippen LogP contribution in [0.2, 0.25) is 0 Å². The van der Waals surface area contributed by atoms with Gasteiger partial charge in [-0.25, -0.2) is 0 Å². The van der Waals surface area contributed by atoms with Crippen LogP contribution in [-0.4, -0.2) is 48.9 Å². The zero-order chi connectivity index (χ0) is 12.3. The summed E-state index contributed by atoms with van der Waals surface area (Å²) in [5.74, 6) is 0.290. The van der Waals surface area contributed by atoms with Gasteiger partial charge in [0.2, 0.25) is 5.91 Å². The molecule has 0 bridgehead atoms. The maximum absolute atomic E-state index is 11.2. The van der Waals surface area contributed by atoms with Gasteiger partial charge < -0.3 is 9.80 Å². The van der Waals surface area contributed by atoms with E-state index in [4.69, 9.17) is 0 Å². The molecule has 1 fully saturated rings. The molecule has 1 saturated heterocycles. The summed E-state index contributed by atoms with van der Waals surface area (Å²) in [6.45, 7) is 13.8. The van der Waals surface area contributed by atoms with Crippen molar-refractivity contribution >= 4 is 5.91 Å². The molecule has 0 unspecified atom stereocenters. The largest absolute Gasteiger partial charge is 0.340 e. The molecule has 3 nitrogen and oxygen atoms in total. The molecule has 3 heteroatoms. The fourth-order valence-corrected chi connectivity index (χ4v) is 1.28. The van der Waals surface area contributed by atoms with Crippen LogP contribution in [0.1, 0.15) is 41.0 Å². The zero-order valence-corrected chi connectivity index (χ0v) is 11.3. The van der Waals surface area contributed by atoms with E-state index in [1.54, 1.807) is 0 Å². The molecule has 1 aliphatic rings. The molecule has 1 amide bonds. The number of carbonyl (C=O) groups excluding carboxylic acids is 1. The number of piperazine rings is 1. The molecule has 92 valence electrons. The van der Waals surface area contributed by atoms with E-state index in [9.17, 15) is 4.79 Å². The Morgan fingerprint density at radius 2 is 1.40 bits per heavy atom. The number of nitrogens with zero attached hydrogens (tertiary/aromatic N) is 2. The Morgan fingerprint density at radius 3 is 1.73 bits per heavy atom. The third-order valence-electron chi connectivity index (χ3n) is 2.16. The lowest BCUT2D eigenvalue weighted by molar-refractivity contribution is -0.132. The quantitative estimate of drug-likeness (QED) is 0.671. The van der Waals surface area contributed by atoms with Crippen molar-refractivity contribution in [1.82, 2.24) is 9.80 Å². The second-order valence-electron chi connectivity index (χ2n) is 3.04. The first-order valence-electron chi connectivity index (χ1n) is 6.20. The fraction of sp³-hybridized carbons (Fsp3) is 0.917. The first-order valence-corrected chi connectivity index (χ1v) is 6.20. The van der Waals surface area contributed by atoms with Crippen molar-refractivity contribution in [3.05, 3.63) is 0 Å². The van der Waals surface area contributed by atoms with E-state index < -0.39 is 0 Å². The highest BCUT2D eigenvalue weighted by Gasteiger charge is 2.16. The number of hydrogen-bond acceptors (Lipinski definition) is 2. The van der Waals surface area contributed by atoms with Crippen molar-refractivity contribution in [3.8, 4) is 0 Å². The van der Waals surface area contributed by atoms with Gasteiger partial charge in [0, 0.05) is 32.6 Å². The van der Waals surface area contributed by atoms with Crippen molar-refractivity contribution < 1.29 is 4.79 Å². The topological polar surface area (TPSA) is 23.6 Å². The van der Waals surface area contributed by atoms with Crippen LogP contribution in [0.3, 0.4) is 0 Å². The van der Waals surface area contributed by atoms with Gasteiger partial charge in [0.1, 0.15) is 0 Å². The van der Waals surface area contributed by atoms with Crippen LogP contribution >= 0.6 is 0 Å². The zero-order valence-electron chi connectivity index (χ0n) is 11.3. The molecule has 0 radical (unpaired) electrons. The van der Waals surface area contributed by atoms with Crippen molar-refractivity contribution in [2.24, 2.45) is 0 Å². The van der Waals surface area contributed by atoms with Crippen molar-refractivity contribution in [2.45, 2.75) is 41.0 Å². The maximum atomic E-state index is 11.2. The minimum Gasteiger partial charge on any atom is -0.340 e. The highest BCUT2D eigenvalue weighted by Crippen LogP contribution is 2.00. The molecule has 0 aromatic heterocycles. The monoisotopic (exact) mass is 216 g/mol. The Bertz CT molecular complexity index is 141. The molecular formula is C12H28N2O. The van der Waals surface area contributed by atoms with Gasteiger partial charge >= 0.3 is 0 Å². The van der Waals surface area contributed by atoms with Gasteiger partial charge in [0.05, 0.1) is 0 Å². The van der Waals surface area contributed by atoms with Gasteiger partial charge in [0.15, 0.2) is 0 Å². The lowest BCUT2D eigenvalue weighted by atomic mass is 10.3. The predicted molar refractivity (Wildman–Crippen MR) is 67.1 cm³/mol. The first kappa shape index (κ1) is 16.8. The molecular weight excluding hydrogens is 188 g/mol. The molecule has 0 aromatic carbocycles. The average Bonchev–Trinajstić information content (AvgIpc) is 2.34. The van der Waals surface area contributed by atoms with Crippen LogP contribution in [0.25, 0.3) is 0 Å². The summed E-state index contributed by atoms with van der Waals surface area (Å²) in [6.07, 6.45) is 0.643. The van der Waals surface area contributed by atoms with Gasteiger partial charge in [0.25, 0.3) is 0 Å². The Kier molecular flexibility index (Phi) is 12.9. The summed E-state index contributed by atoms with van der Waals surface area (Å²) < 4.78 is 0. The third-order valence-corrected chi connectivity index (χ3v) is 2.16. The van der Waals surface area contributed by atoms with E-state index in [0.717, 1.165) is 26.2 Å². The van der Waals surface area contributed by atoms with E-state index in [-0.39, 0.29) is 5.91 Å². The van der Waals surface area contributed by atoms with Gasteiger partial charge in [-0.2, -0.15) is 0 Å². The Hall–Kier alpha value is -0.570. The second kappa shape index (κ2) is 11.5. The summed E-state index contributed by atoms with van der Waals surface area (Å²) in [4.78, 5) is 15.4. The Morgan fingerprint density at radius 1 is 1.00 bits per heavy atom. The lowest BCUT2D eigenvalue weighted by Gasteiger charge is -2.32. The molecule has 1 rings (SSSR count). The third kappa shape index (κ3) is 7.37. The lowest BCUT2D eigenvalue weighted by Crippen LogP contribution is -2.46. The predicted octanol–water partition coefficient (Wildman–Crippen LogP) is 2.22. The second-order valence-corrected chi connectivity index (χ2v) is 3.04. The minimum absolute atomic E-state index is 0.290. The molecule has 0 aliphatic carbocycles. The normalized spacial score (nSPS) is 15.7. The maximum Gasteiger partial charge on any atom is 0.222 e. The smallest absolute Gasteiger partial charge is 0.222 e. The standard InChI is InChI=1S/C8H16N2O.2C2H6/c1-3-8(11)10-6-4-9(2)5-7-10;2*1-2/h3-7H2,1-2H3;2*1-2H3. The van der Waals surface area contributed by atoms with E-state index in [0.29, 0.717) is 6.42 Å². The number of likely N-dealkylation sites (N-methyl/N-ethyl adjacent to an activating group) is 1. The molecule has 15 heavy (non-hydrogen) atoms. The van der Waals surface area contributed by atoms with Crippen molar-refractivity contribution in [1.29, 1.82) is 0 Å². The van der Waals surface area contributed by atoms with E-state index >= 15 is 0 Å². The first-order chi connectivity index (χ1) is 7.24. The van der Waals surface area contributed by atoms with Crippen LogP contribution in [0.15, 0.2) is 0 Å². The van der Waals surface area contributed by atoms with Crippen molar-refractivity contribution in [2.75, 3.05) is 33.2 Å². The van der Waals surface area contributed by atoms with Crippen LogP contribution in [0, 0.1) is 0 Å². The summed E-state index contributed by atoms with van der Waals surface area (Å²) in [6, 6.07) is 0. The van der Waals surface area contributed by atoms with E-state index in [1.165, 1.54) is 0 Å². The number of rotatable bonds is 1. The summed E-state index contributed by atoms with van der Waals surface area (Å²) >= 11 is 0. The molecule has 0 N–H and O–H groups in total. The SMILES string of the molecule is CC.CC.CCC(=O)N1CCN(C)CC1. The summed E-state index contributed by atoms with van der Waals surface area (Å²) in [7, 11) is 2.09. The molecule has 1 aliphatic heterocycles. The van der Waals surface area contributed by atoms with Gasteiger partial charge in [-0.3, -0.25) is 4.79 Å². The number of amides is 1. The number of hydrogen-bond donors (Lipinski definition) is 0. The highest BCUT2D eigenvalue weighted by molar-refractivity contribution is 5.75. The van der Waals surface area contributed by atoms with Gasteiger partial charge in [-0.15, -0.1) is 0 Å². The van der Waals surface area contributed by atoms with E-state index in [2.05, 4.69) is 11.9 Å². The van der Waals surface area contributed by atoms with Crippen LogP contribution in [0.4, 0.5) is 0 Å².